The van der Waals surface area contributed by atoms with E-state index in [-0.39, 0.29) is 0 Å². The molecule has 1 aromatic carbocycles. The molecule has 0 fully saturated rings. The van der Waals surface area contributed by atoms with Crippen LogP contribution in [0.1, 0.15) is 22.3 Å². The molecule has 90 valence electrons. The summed E-state index contributed by atoms with van der Waals surface area (Å²) in [5.41, 5.74) is 10.9. The van der Waals surface area contributed by atoms with Crippen molar-refractivity contribution in [3.8, 4) is 0 Å². The lowest BCUT2D eigenvalue weighted by Gasteiger charge is -2.11. The molecule has 0 aliphatic rings. The summed E-state index contributed by atoms with van der Waals surface area (Å²) in [6, 6.07) is 4.40. The lowest BCUT2D eigenvalue weighted by molar-refractivity contribution is 0.684. The molecular weight excluding hydrogens is 278 g/mol. The predicted molar refractivity (Wildman–Crippen MR) is 74.1 cm³/mol. The largest absolute Gasteiger partial charge is 0.381 e. The van der Waals surface area contributed by atoms with E-state index in [1.54, 1.807) is 0 Å². The van der Waals surface area contributed by atoms with Crippen LogP contribution < -0.4 is 5.73 Å². The fourth-order valence-corrected chi connectivity index (χ4v) is 2.43. The molecule has 0 amide bonds. The van der Waals surface area contributed by atoms with Gasteiger partial charge >= 0.3 is 0 Å². The van der Waals surface area contributed by atoms with E-state index in [0.29, 0.717) is 5.82 Å². The first kappa shape index (κ1) is 12.2. The minimum absolute atomic E-state index is 0.535. The summed E-state index contributed by atoms with van der Waals surface area (Å²) in [4.78, 5) is 0. The van der Waals surface area contributed by atoms with Crippen molar-refractivity contribution in [3.63, 3.8) is 0 Å². The van der Waals surface area contributed by atoms with Gasteiger partial charge in [0.15, 0.2) is 5.82 Å². The molecule has 3 nitrogen and oxygen atoms in total. The van der Waals surface area contributed by atoms with Crippen molar-refractivity contribution >= 4 is 21.7 Å². The van der Waals surface area contributed by atoms with E-state index in [9.17, 15) is 0 Å². The zero-order chi connectivity index (χ0) is 12.6. The van der Waals surface area contributed by atoms with Crippen LogP contribution >= 0.6 is 15.9 Å². The molecule has 0 unspecified atom stereocenters. The van der Waals surface area contributed by atoms with E-state index < -0.39 is 0 Å². The van der Waals surface area contributed by atoms with Crippen LogP contribution in [0.3, 0.4) is 0 Å². The average molecular weight is 294 g/mol. The number of anilines is 1. The Labute approximate surface area is 110 Å². The van der Waals surface area contributed by atoms with E-state index in [2.05, 4.69) is 53.9 Å². The van der Waals surface area contributed by atoms with Gasteiger partial charge in [-0.25, -0.2) is 0 Å². The van der Waals surface area contributed by atoms with E-state index in [1.165, 1.54) is 22.3 Å². The fourth-order valence-electron chi connectivity index (χ4n) is 2.11. The van der Waals surface area contributed by atoms with Crippen molar-refractivity contribution in [1.82, 2.24) is 9.78 Å². The lowest BCUT2D eigenvalue weighted by atomic mass is 10.00. The summed E-state index contributed by atoms with van der Waals surface area (Å²) in [5, 5.41) is 4.26. The van der Waals surface area contributed by atoms with E-state index in [4.69, 9.17) is 5.73 Å². The van der Waals surface area contributed by atoms with Crippen LogP contribution in [0.15, 0.2) is 22.8 Å². The van der Waals surface area contributed by atoms with Gasteiger partial charge in [-0.2, -0.15) is 5.10 Å². The van der Waals surface area contributed by atoms with Gasteiger partial charge in [0.05, 0.1) is 11.0 Å². The number of hydrogen-bond donors (Lipinski definition) is 1. The molecule has 2 rings (SSSR count). The second-order valence-electron chi connectivity index (χ2n) is 4.44. The van der Waals surface area contributed by atoms with Crippen molar-refractivity contribution in [3.05, 3.63) is 45.1 Å². The van der Waals surface area contributed by atoms with Gasteiger partial charge < -0.3 is 5.73 Å². The first-order valence-corrected chi connectivity index (χ1v) is 6.32. The molecule has 2 N–H and O–H groups in total. The molecule has 0 bridgehead atoms. The van der Waals surface area contributed by atoms with Crippen LogP contribution in [-0.2, 0) is 6.54 Å². The van der Waals surface area contributed by atoms with Crippen molar-refractivity contribution in [1.29, 1.82) is 0 Å². The van der Waals surface area contributed by atoms with Gasteiger partial charge in [-0.1, -0.05) is 17.7 Å². The maximum Gasteiger partial charge on any atom is 0.159 e. The Kier molecular flexibility index (Phi) is 3.24. The Hall–Kier alpha value is -1.29. The highest BCUT2D eigenvalue weighted by atomic mass is 79.9. The predicted octanol–water partition coefficient (Wildman–Crippen LogP) is 3.20. The fraction of sp³-hybridized carbons (Fsp3) is 0.308. The van der Waals surface area contributed by atoms with Crippen molar-refractivity contribution in [2.75, 3.05) is 5.73 Å². The third-order valence-corrected chi connectivity index (χ3v) is 3.51. The van der Waals surface area contributed by atoms with Crippen molar-refractivity contribution in [2.45, 2.75) is 27.3 Å². The van der Waals surface area contributed by atoms with Crippen LogP contribution in [0.2, 0.25) is 0 Å². The van der Waals surface area contributed by atoms with Crippen molar-refractivity contribution in [2.24, 2.45) is 0 Å². The Morgan fingerprint density at radius 2 is 1.82 bits per heavy atom. The highest BCUT2D eigenvalue weighted by molar-refractivity contribution is 9.10. The van der Waals surface area contributed by atoms with Crippen LogP contribution in [-0.4, -0.2) is 9.78 Å². The zero-order valence-corrected chi connectivity index (χ0v) is 11.9. The molecule has 0 spiro atoms. The Morgan fingerprint density at radius 1 is 1.24 bits per heavy atom. The van der Waals surface area contributed by atoms with Crippen molar-refractivity contribution < 1.29 is 0 Å². The second-order valence-corrected chi connectivity index (χ2v) is 5.29. The maximum absolute atomic E-state index is 5.72. The standard InChI is InChI=1S/C13H16BrN3/c1-8-4-9(2)11(10(3)5-8)6-17-7-12(14)13(15)16-17/h4-5,7H,6H2,1-3H3,(H2,15,16). The number of aryl methyl sites for hydroxylation is 3. The number of nitrogen functional groups attached to an aromatic ring is 1. The van der Waals surface area contributed by atoms with Gasteiger partial charge in [0.1, 0.15) is 0 Å². The number of nitrogens with two attached hydrogens (primary N) is 1. The van der Waals surface area contributed by atoms with Gasteiger partial charge in [-0.3, -0.25) is 4.68 Å². The average Bonchev–Trinajstić information content (AvgIpc) is 2.52. The number of hydrogen-bond acceptors (Lipinski definition) is 2. The normalized spacial score (nSPS) is 10.8. The first-order chi connectivity index (χ1) is 7.97. The van der Waals surface area contributed by atoms with Crippen LogP contribution in [0.25, 0.3) is 0 Å². The quantitative estimate of drug-likeness (QED) is 0.924. The van der Waals surface area contributed by atoms with Gasteiger partial charge in [-0.05, 0) is 53.4 Å². The number of benzene rings is 1. The summed E-state index contributed by atoms with van der Waals surface area (Å²) in [6.07, 6.45) is 1.91. The Balaban J connectivity index is 2.36. The third-order valence-electron chi connectivity index (χ3n) is 2.90. The van der Waals surface area contributed by atoms with E-state index in [0.717, 1.165) is 11.0 Å². The summed E-state index contributed by atoms with van der Waals surface area (Å²) in [6.45, 7) is 7.15. The summed E-state index contributed by atoms with van der Waals surface area (Å²) in [7, 11) is 0. The monoisotopic (exact) mass is 293 g/mol. The van der Waals surface area contributed by atoms with Gasteiger partial charge in [0, 0.05) is 6.20 Å². The molecule has 17 heavy (non-hydrogen) atoms. The van der Waals surface area contributed by atoms with Gasteiger partial charge in [-0.15, -0.1) is 0 Å². The smallest absolute Gasteiger partial charge is 0.159 e. The van der Waals surface area contributed by atoms with Gasteiger partial charge in [0.2, 0.25) is 0 Å². The van der Waals surface area contributed by atoms with Crippen LogP contribution in [0.5, 0.6) is 0 Å². The lowest BCUT2D eigenvalue weighted by Crippen LogP contribution is -2.05. The number of aromatic nitrogens is 2. The highest BCUT2D eigenvalue weighted by Gasteiger charge is 2.07. The Bertz CT molecular complexity index is 515. The third kappa shape index (κ3) is 2.52. The molecule has 0 radical (unpaired) electrons. The molecular formula is C13H16BrN3. The SMILES string of the molecule is Cc1cc(C)c(Cn2cc(Br)c(N)n2)c(C)c1. The molecule has 0 aliphatic carbocycles. The van der Waals surface area contributed by atoms with E-state index >= 15 is 0 Å². The molecule has 1 heterocycles. The summed E-state index contributed by atoms with van der Waals surface area (Å²) in [5.74, 6) is 0.535. The van der Waals surface area contributed by atoms with Crippen LogP contribution in [0.4, 0.5) is 5.82 Å². The number of rotatable bonds is 2. The Morgan fingerprint density at radius 3 is 2.29 bits per heavy atom. The minimum atomic E-state index is 0.535. The van der Waals surface area contributed by atoms with Gasteiger partial charge in [0.25, 0.3) is 0 Å². The topological polar surface area (TPSA) is 43.8 Å². The highest BCUT2D eigenvalue weighted by Crippen LogP contribution is 2.20. The summed E-state index contributed by atoms with van der Waals surface area (Å²) < 4.78 is 2.71. The molecule has 1 aromatic heterocycles. The molecule has 4 heteroatoms. The van der Waals surface area contributed by atoms with E-state index in [1.807, 2.05) is 10.9 Å². The first-order valence-electron chi connectivity index (χ1n) is 5.52. The molecule has 2 aromatic rings. The minimum Gasteiger partial charge on any atom is -0.381 e. The summed E-state index contributed by atoms with van der Waals surface area (Å²) >= 11 is 3.37. The van der Waals surface area contributed by atoms with Crippen LogP contribution in [0, 0.1) is 20.8 Å². The number of halogens is 1. The molecule has 0 saturated carbocycles. The zero-order valence-electron chi connectivity index (χ0n) is 10.3. The molecule has 0 saturated heterocycles. The maximum atomic E-state index is 5.72. The second kappa shape index (κ2) is 4.53. The molecule has 0 atom stereocenters. The molecule has 0 aliphatic heterocycles. The number of nitrogens with zero attached hydrogens (tertiary/aromatic N) is 2.